The molecule has 1 aromatic carbocycles. The molecule has 2 N–H and O–H groups in total. The van der Waals surface area contributed by atoms with Gasteiger partial charge in [-0.25, -0.2) is 4.98 Å². The van der Waals surface area contributed by atoms with Gasteiger partial charge in [-0.3, -0.25) is 14.4 Å². The summed E-state index contributed by atoms with van der Waals surface area (Å²) in [6, 6.07) is 10.5. The van der Waals surface area contributed by atoms with Crippen molar-refractivity contribution in [1.82, 2.24) is 19.1 Å². The molecule has 4 aromatic rings. The number of aromatic hydroxyl groups is 1. The summed E-state index contributed by atoms with van der Waals surface area (Å²) < 4.78 is 7.88. The van der Waals surface area contributed by atoms with E-state index in [1.807, 2.05) is 24.3 Å². The van der Waals surface area contributed by atoms with Crippen LogP contribution in [0.2, 0.25) is 0 Å². The Morgan fingerprint density at radius 2 is 1.97 bits per heavy atom. The van der Waals surface area contributed by atoms with E-state index in [4.69, 9.17) is 4.74 Å². The predicted molar refractivity (Wildman–Crippen MR) is 127 cm³/mol. The molecule has 0 amide bonds. The second-order valence-corrected chi connectivity index (χ2v) is 8.22. The van der Waals surface area contributed by atoms with E-state index in [0.717, 1.165) is 16.6 Å². The topological polar surface area (TPSA) is 119 Å². The molecule has 0 spiro atoms. The molecule has 0 saturated heterocycles. The van der Waals surface area contributed by atoms with Crippen LogP contribution in [0.3, 0.4) is 0 Å². The zero-order valence-electron chi connectivity index (χ0n) is 19.2. The Hall–Kier alpha value is -4.14. The molecule has 0 bridgehead atoms. The zero-order valence-corrected chi connectivity index (χ0v) is 19.2. The number of para-hydroxylation sites is 1. The summed E-state index contributed by atoms with van der Waals surface area (Å²) in [5, 5.41) is 11.6. The normalized spacial score (nSPS) is 12.1. The van der Waals surface area contributed by atoms with E-state index in [9.17, 15) is 19.5 Å². The smallest absolute Gasteiger partial charge is 0.306 e. The predicted octanol–water partition coefficient (Wildman–Crippen LogP) is 2.38. The van der Waals surface area contributed by atoms with Crippen molar-refractivity contribution in [3.05, 3.63) is 92.1 Å². The molecule has 1 atom stereocenters. The lowest BCUT2D eigenvalue weighted by Gasteiger charge is -2.21. The van der Waals surface area contributed by atoms with E-state index in [0.29, 0.717) is 18.7 Å². The van der Waals surface area contributed by atoms with Gasteiger partial charge in [0.15, 0.2) is 0 Å². The first kappa shape index (κ1) is 23.0. The van der Waals surface area contributed by atoms with Crippen LogP contribution in [0.1, 0.15) is 34.9 Å². The Kier molecular flexibility index (Phi) is 6.36. The van der Waals surface area contributed by atoms with Crippen LogP contribution in [0.25, 0.3) is 10.9 Å². The van der Waals surface area contributed by atoms with Crippen molar-refractivity contribution in [2.45, 2.75) is 32.2 Å². The van der Waals surface area contributed by atoms with Crippen molar-refractivity contribution < 1.29 is 14.6 Å². The number of ether oxygens (including phenoxy) is 1. The largest absolute Gasteiger partial charge is 0.507 e. The number of H-pyrrole nitrogens is 1. The number of hydrogen-bond donors (Lipinski definition) is 2. The molecule has 9 nitrogen and oxygen atoms in total. The number of aryl methyl sites for hydroxylation is 3. The van der Waals surface area contributed by atoms with Gasteiger partial charge >= 0.3 is 5.97 Å². The SMILES string of the molecule is COC(=O)CC(c1c(O)cc(C)n(CCc2cnc[nH]2)c1=O)c1cc2ccccc2n(C)c1=O. The highest BCUT2D eigenvalue weighted by molar-refractivity contribution is 5.80. The minimum Gasteiger partial charge on any atom is -0.507 e. The third-order valence-electron chi connectivity index (χ3n) is 6.17. The fraction of sp³-hybridized carbons (Fsp3) is 0.280. The summed E-state index contributed by atoms with van der Waals surface area (Å²) in [6.45, 7) is 2.06. The number of fused-ring (bicyclic) bond motifs is 1. The number of carbonyl (C=O) groups excluding carboxylic acids is 1. The van der Waals surface area contributed by atoms with Crippen LogP contribution < -0.4 is 11.1 Å². The van der Waals surface area contributed by atoms with Crippen LogP contribution in [0, 0.1) is 6.92 Å². The Labute approximate surface area is 195 Å². The van der Waals surface area contributed by atoms with Crippen molar-refractivity contribution in [2.75, 3.05) is 7.11 Å². The van der Waals surface area contributed by atoms with Crippen molar-refractivity contribution in [3.8, 4) is 5.75 Å². The number of methoxy groups -OCH3 is 1. The molecule has 34 heavy (non-hydrogen) atoms. The number of nitrogens with zero attached hydrogens (tertiary/aromatic N) is 3. The van der Waals surface area contributed by atoms with Gasteiger partial charge in [0.2, 0.25) is 0 Å². The average molecular weight is 463 g/mol. The summed E-state index contributed by atoms with van der Waals surface area (Å²) in [4.78, 5) is 46.3. The number of aromatic nitrogens is 4. The lowest BCUT2D eigenvalue weighted by Crippen LogP contribution is -2.32. The van der Waals surface area contributed by atoms with Crippen molar-refractivity contribution >= 4 is 16.9 Å². The van der Waals surface area contributed by atoms with Gasteiger partial charge in [0.25, 0.3) is 11.1 Å². The number of hydrogen-bond acceptors (Lipinski definition) is 6. The molecule has 9 heteroatoms. The van der Waals surface area contributed by atoms with Crippen LogP contribution >= 0.6 is 0 Å². The lowest BCUT2D eigenvalue weighted by molar-refractivity contribution is -0.140. The van der Waals surface area contributed by atoms with E-state index in [-0.39, 0.29) is 28.9 Å². The van der Waals surface area contributed by atoms with E-state index >= 15 is 0 Å². The molecule has 3 aromatic heterocycles. The third-order valence-corrected chi connectivity index (χ3v) is 6.17. The molecule has 1 unspecified atom stereocenters. The summed E-state index contributed by atoms with van der Waals surface area (Å²) >= 11 is 0. The number of imidazole rings is 1. The van der Waals surface area contributed by atoms with Gasteiger partial charge in [-0.15, -0.1) is 0 Å². The first-order chi connectivity index (χ1) is 16.3. The maximum absolute atomic E-state index is 13.6. The zero-order chi connectivity index (χ0) is 24.4. The van der Waals surface area contributed by atoms with Crippen LogP contribution in [0.5, 0.6) is 5.75 Å². The van der Waals surface area contributed by atoms with Gasteiger partial charge in [0.1, 0.15) is 5.75 Å². The Morgan fingerprint density at radius 1 is 1.21 bits per heavy atom. The number of esters is 1. The van der Waals surface area contributed by atoms with Gasteiger partial charge in [-0.1, -0.05) is 18.2 Å². The first-order valence-electron chi connectivity index (χ1n) is 10.9. The Bertz CT molecular complexity index is 1470. The molecule has 0 fully saturated rings. The van der Waals surface area contributed by atoms with Gasteiger partial charge in [0, 0.05) is 49.1 Å². The number of benzene rings is 1. The monoisotopic (exact) mass is 462 g/mol. The van der Waals surface area contributed by atoms with Crippen LogP contribution in [-0.2, 0) is 29.5 Å². The number of rotatable bonds is 7. The van der Waals surface area contributed by atoms with E-state index < -0.39 is 17.4 Å². The Balaban J connectivity index is 1.90. The number of aromatic amines is 1. The summed E-state index contributed by atoms with van der Waals surface area (Å²) in [5.41, 5.74) is 1.57. The number of carbonyl (C=O) groups is 1. The van der Waals surface area contributed by atoms with Gasteiger partial charge in [-0.05, 0) is 30.5 Å². The second kappa shape index (κ2) is 9.38. The van der Waals surface area contributed by atoms with Crippen LogP contribution in [0.15, 0.2) is 58.5 Å². The van der Waals surface area contributed by atoms with Crippen LogP contribution in [0.4, 0.5) is 0 Å². The lowest BCUT2D eigenvalue weighted by atomic mass is 9.88. The van der Waals surface area contributed by atoms with Gasteiger partial charge < -0.3 is 24.0 Å². The molecule has 0 aliphatic rings. The highest BCUT2D eigenvalue weighted by atomic mass is 16.5. The third kappa shape index (κ3) is 4.24. The maximum Gasteiger partial charge on any atom is 0.306 e. The second-order valence-electron chi connectivity index (χ2n) is 8.22. The van der Waals surface area contributed by atoms with Crippen molar-refractivity contribution in [3.63, 3.8) is 0 Å². The standard InChI is InChI=1S/C25H26N4O5/c1-15-10-21(30)23(25(33)29(15)9-8-17-13-26-14-27-17)18(12-22(31)34-3)19-11-16-6-4-5-7-20(16)28(2)24(19)32/h4-7,10-11,13-14,18,30H,8-9,12H2,1-3H3,(H,26,27). The summed E-state index contributed by atoms with van der Waals surface area (Å²) in [7, 11) is 2.89. The molecular weight excluding hydrogens is 436 g/mol. The minimum absolute atomic E-state index is 0.00649. The summed E-state index contributed by atoms with van der Waals surface area (Å²) in [6.07, 6.45) is 3.50. The number of nitrogens with one attached hydrogen (secondary N) is 1. The fourth-order valence-corrected chi connectivity index (χ4v) is 4.34. The maximum atomic E-state index is 13.6. The van der Waals surface area contributed by atoms with Gasteiger partial charge in [0.05, 0.1) is 30.9 Å². The molecule has 4 rings (SSSR count). The van der Waals surface area contributed by atoms with E-state index in [1.165, 1.54) is 22.3 Å². The van der Waals surface area contributed by atoms with E-state index in [1.54, 1.807) is 32.6 Å². The minimum atomic E-state index is -0.984. The highest BCUT2D eigenvalue weighted by Crippen LogP contribution is 2.32. The molecule has 3 heterocycles. The molecule has 0 radical (unpaired) electrons. The molecular formula is C25H26N4O5. The first-order valence-corrected chi connectivity index (χ1v) is 10.9. The summed E-state index contributed by atoms with van der Waals surface area (Å²) in [5.74, 6) is -1.84. The van der Waals surface area contributed by atoms with E-state index in [2.05, 4.69) is 9.97 Å². The average Bonchev–Trinajstić information content (AvgIpc) is 3.34. The molecule has 176 valence electrons. The fourth-order valence-electron chi connectivity index (χ4n) is 4.34. The molecule has 0 aliphatic heterocycles. The van der Waals surface area contributed by atoms with Crippen LogP contribution in [-0.4, -0.2) is 37.3 Å². The van der Waals surface area contributed by atoms with Gasteiger partial charge in [-0.2, -0.15) is 0 Å². The van der Waals surface area contributed by atoms with Crippen molar-refractivity contribution in [1.29, 1.82) is 0 Å². The molecule has 0 saturated carbocycles. The number of pyridine rings is 2. The highest BCUT2D eigenvalue weighted by Gasteiger charge is 2.29. The Morgan fingerprint density at radius 3 is 2.68 bits per heavy atom. The molecule has 0 aliphatic carbocycles. The quantitative estimate of drug-likeness (QED) is 0.407. The van der Waals surface area contributed by atoms with Crippen molar-refractivity contribution in [2.24, 2.45) is 7.05 Å².